The van der Waals surface area contributed by atoms with E-state index in [1.54, 1.807) is 0 Å². The molecule has 0 radical (unpaired) electrons. The summed E-state index contributed by atoms with van der Waals surface area (Å²) >= 11 is 11.2. The lowest BCUT2D eigenvalue weighted by atomic mass is 10.2. The first kappa shape index (κ1) is 10.5. The van der Waals surface area contributed by atoms with Gasteiger partial charge in [-0.05, 0) is 17.7 Å². The molecule has 13 heavy (non-hydrogen) atoms. The minimum absolute atomic E-state index is 0.00843. The molecular formula is C9H7Cl2FO. The standard InChI is InChI=1S/C9H7Cl2FO/c10-7-4-6(2-1-3-13)9(11)8(12)5-7/h1-2,4-5,13H,3H2. The van der Waals surface area contributed by atoms with Crippen molar-refractivity contribution >= 4 is 29.3 Å². The third-order valence-corrected chi connectivity index (χ3v) is 2.04. The first-order valence-electron chi connectivity index (χ1n) is 3.57. The Morgan fingerprint density at radius 3 is 2.69 bits per heavy atom. The highest BCUT2D eigenvalue weighted by molar-refractivity contribution is 6.34. The van der Waals surface area contributed by atoms with Crippen LogP contribution in [0.25, 0.3) is 6.08 Å². The van der Waals surface area contributed by atoms with Crippen LogP contribution in [0.3, 0.4) is 0 Å². The second-order valence-electron chi connectivity index (χ2n) is 2.38. The maximum Gasteiger partial charge on any atom is 0.143 e. The van der Waals surface area contributed by atoms with Crippen LogP contribution in [-0.4, -0.2) is 11.7 Å². The van der Waals surface area contributed by atoms with Crippen LogP contribution in [0.4, 0.5) is 4.39 Å². The van der Waals surface area contributed by atoms with Crippen LogP contribution in [0.2, 0.25) is 10.0 Å². The maximum atomic E-state index is 13.0. The van der Waals surface area contributed by atoms with Crippen molar-refractivity contribution in [2.45, 2.75) is 0 Å². The molecule has 0 aliphatic carbocycles. The SMILES string of the molecule is OCC=Cc1cc(Cl)cc(F)c1Cl. The molecule has 0 amide bonds. The molecule has 0 unspecified atom stereocenters. The van der Waals surface area contributed by atoms with Crippen molar-refractivity contribution in [3.63, 3.8) is 0 Å². The molecule has 1 rings (SSSR count). The fourth-order valence-corrected chi connectivity index (χ4v) is 1.26. The lowest BCUT2D eigenvalue weighted by Gasteiger charge is -2.00. The third-order valence-electron chi connectivity index (χ3n) is 1.42. The molecule has 0 aliphatic heterocycles. The van der Waals surface area contributed by atoms with E-state index in [2.05, 4.69) is 0 Å². The summed E-state index contributed by atoms with van der Waals surface area (Å²) < 4.78 is 13.0. The van der Waals surface area contributed by atoms with Crippen molar-refractivity contribution in [3.8, 4) is 0 Å². The summed E-state index contributed by atoms with van der Waals surface area (Å²) in [4.78, 5) is 0. The molecule has 0 spiro atoms. The molecule has 1 aromatic rings. The molecule has 1 aromatic carbocycles. The zero-order chi connectivity index (χ0) is 9.84. The molecule has 70 valence electrons. The first-order chi connectivity index (χ1) is 6.15. The maximum absolute atomic E-state index is 13.0. The Balaban J connectivity index is 3.12. The van der Waals surface area contributed by atoms with Crippen LogP contribution in [0.1, 0.15) is 5.56 Å². The monoisotopic (exact) mass is 220 g/mol. The van der Waals surface area contributed by atoms with Gasteiger partial charge in [-0.15, -0.1) is 0 Å². The van der Waals surface area contributed by atoms with E-state index in [4.69, 9.17) is 28.3 Å². The second kappa shape index (κ2) is 4.61. The van der Waals surface area contributed by atoms with Gasteiger partial charge in [0.25, 0.3) is 0 Å². The van der Waals surface area contributed by atoms with E-state index in [-0.39, 0.29) is 16.7 Å². The van der Waals surface area contributed by atoms with E-state index in [0.717, 1.165) is 6.07 Å². The average molecular weight is 221 g/mol. The van der Waals surface area contributed by atoms with E-state index in [0.29, 0.717) is 5.56 Å². The number of hydrogen-bond donors (Lipinski definition) is 1. The van der Waals surface area contributed by atoms with E-state index in [1.807, 2.05) is 0 Å². The van der Waals surface area contributed by atoms with Gasteiger partial charge in [-0.25, -0.2) is 4.39 Å². The molecule has 1 N–H and O–H groups in total. The summed E-state index contributed by atoms with van der Waals surface area (Å²) in [5, 5.41) is 8.79. The quantitative estimate of drug-likeness (QED) is 0.760. The normalized spacial score (nSPS) is 11.1. The zero-order valence-electron chi connectivity index (χ0n) is 6.60. The number of hydrogen-bond acceptors (Lipinski definition) is 1. The highest BCUT2D eigenvalue weighted by Gasteiger charge is 2.05. The molecule has 0 fully saturated rings. The van der Waals surface area contributed by atoms with E-state index >= 15 is 0 Å². The molecule has 0 heterocycles. The minimum Gasteiger partial charge on any atom is -0.392 e. The number of aliphatic hydroxyl groups excluding tert-OH is 1. The Kier molecular flexibility index (Phi) is 3.72. The third kappa shape index (κ3) is 2.69. The molecule has 0 atom stereocenters. The second-order valence-corrected chi connectivity index (χ2v) is 3.19. The van der Waals surface area contributed by atoms with Gasteiger partial charge in [-0.3, -0.25) is 0 Å². The first-order valence-corrected chi connectivity index (χ1v) is 4.32. The van der Waals surface area contributed by atoms with Crippen LogP contribution in [0, 0.1) is 5.82 Å². The molecule has 0 aliphatic rings. The van der Waals surface area contributed by atoms with Crippen LogP contribution < -0.4 is 0 Å². The van der Waals surface area contributed by atoms with Gasteiger partial charge in [0.1, 0.15) is 5.82 Å². The average Bonchev–Trinajstić information content (AvgIpc) is 2.09. The Morgan fingerprint density at radius 2 is 2.08 bits per heavy atom. The summed E-state index contributed by atoms with van der Waals surface area (Å²) in [5.74, 6) is -0.563. The van der Waals surface area contributed by atoms with Gasteiger partial charge in [-0.1, -0.05) is 35.4 Å². The highest BCUT2D eigenvalue weighted by atomic mass is 35.5. The highest BCUT2D eigenvalue weighted by Crippen LogP contribution is 2.25. The van der Waals surface area contributed by atoms with Gasteiger partial charge < -0.3 is 5.11 Å². The minimum atomic E-state index is -0.563. The number of halogens is 3. The van der Waals surface area contributed by atoms with Gasteiger partial charge >= 0.3 is 0 Å². The predicted octanol–water partition coefficient (Wildman–Crippen LogP) is 3.14. The molecule has 0 saturated heterocycles. The smallest absolute Gasteiger partial charge is 0.143 e. The Labute approximate surface area is 85.4 Å². The molecule has 0 saturated carbocycles. The van der Waals surface area contributed by atoms with Crippen molar-refractivity contribution in [1.82, 2.24) is 0 Å². The van der Waals surface area contributed by atoms with Gasteiger partial charge in [0.15, 0.2) is 0 Å². The van der Waals surface area contributed by atoms with E-state index in [9.17, 15) is 4.39 Å². The van der Waals surface area contributed by atoms with Crippen molar-refractivity contribution < 1.29 is 9.50 Å². The predicted molar refractivity (Wildman–Crippen MR) is 52.5 cm³/mol. The molecular weight excluding hydrogens is 214 g/mol. The largest absolute Gasteiger partial charge is 0.392 e. The van der Waals surface area contributed by atoms with Crippen LogP contribution in [-0.2, 0) is 0 Å². The lowest BCUT2D eigenvalue weighted by molar-refractivity contribution is 0.343. The molecule has 1 nitrogen and oxygen atoms in total. The summed E-state index contributed by atoms with van der Waals surface area (Å²) in [6.45, 7) is -0.121. The Morgan fingerprint density at radius 1 is 1.38 bits per heavy atom. The summed E-state index contributed by atoms with van der Waals surface area (Å²) in [6.07, 6.45) is 2.97. The van der Waals surface area contributed by atoms with Gasteiger partial charge in [-0.2, -0.15) is 0 Å². The summed E-state index contributed by atoms with van der Waals surface area (Å²) in [7, 11) is 0. The Bertz CT molecular complexity index is 337. The van der Waals surface area contributed by atoms with Crippen molar-refractivity contribution in [1.29, 1.82) is 0 Å². The van der Waals surface area contributed by atoms with Crippen LogP contribution in [0.5, 0.6) is 0 Å². The number of aliphatic hydroxyl groups is 1. The van der Waals surface area contributed by atoms with Gasteiger partial charge in [0.2, 0.25) is 0 Å². The van der Waals surface area contributed by atoms with Crippen LogP contribution >= 0.6 is 23.2 Å². The summed E-state index contributed by atoms with van der Waals surface area (Å²) in [6, 6.07) is 2.67. The van der Waals surface area contributed by atoms with Crippen molar-refractivity contribution in [2.75, 3.05) is 6.61 Å². The van der Waals surface area contributed by atoms with E-state index < -0.39 is 5.82 Å². The van der Waals surface area contributed by atoms with Crippen LogP contribution in [0.15, 0.2) is 18.2 Å². The molecule has 0 aromatic heterocycles. The topological polar surface area (TPSA) is 20.2 Å². The summed E-state index contributed by atoms with van der Waals surface area (Å²) in [5.41, 5.74) is 0.459. The molecule has 4 heteroatoms. The van der Waals surface area contributed by atoms with E-state index in [1.165, 1.54) is 18.2 Å². The zero-order valence-corrected chi connectivity index (χ0v) is 8.11. The fourth-order valence-electron chi connectivity index (χ4n) is 0.877. The lowest BCUT2D eigenvalue weighted by Crippen LogP contribution is -1.83. The fraction of sp³-hybridized carbons (Fsp3) is 0.111. The number of benzene rings is 1. The van der Waals surface area contributed by atoms with Gasteiger partial charge in [0, 0.05) is 5.02 Å². The number of rotatable bonds is 2. The van der Waals surface area contributed by atoms with Gasteiger partial charge in [0.05, 0.1) is 11.6 Å². The van der Waals surface area contributed by atoms with Crippen molar-refractivity contribution in [3.05, 3.63) is 39.6 Å². The molecule has 0 bridgehead atoms. The Hall–Kier alpha value is -0.570. The van der Waals surface area contributed by atoms with Crippen molar-refractivity contribution in [2.24, 2.45) is 0 Å².